The Labute approximate surface area is 397 Å². The van der Waals surface area contributed by atoms with Gasteiger partial charge < -0.3 is 9.13 Å². The van der Waals surface area contributed by atoms with E-state index in [1.165, 1.54) is 38.3 Å². The molecule has 4 heterocycles. The molecule has 0 radical (unpaired) electrons. The zero-order chi connectivity index (χ0) is 45.4. The minimum Gasteiger partial charge on any atom is -0.309 e. The second-order valence-corrected chi connectivity index (χ2v) is 17.6. The molecule has 0 aliphatic rings. The van der Waals surface area contributed by atoms with E-state index in [-0.39, 0.29) is 0 Å². The van der Waals surface area contributed by atoms with Crippen LogP contribution in [0, 0.1) is 0 Å². The Hall–Kier alpha value is -9.39. The maximum absolute atomic E-state index is 5.46. The summed E-state index contributed by atoms with van der Waals surface area (Å²) in [5.74, 6) is 1.74. The highest BCUT2D eigenvalue weighted by atomic mass is 15.2. The highest BCUT2D eigenvalue weighted by Crippen LogP contribution is 2.43. The van der Waals surface area contributed by atoms with E-state index in [2.05, 4.69) is 238 Å². The van der Waals surface area contributed by atoms with E-state index in [9.17, 15) is 0 Å². The minimum absolute atomic E-state index is 0.543. The van der Waals surface area contributed by atoms with Crippen molar-refractivity contribution in [3.63, 3.8) is 0 Å². The van der Waals surface area contributed by atoms with Gasteiger partial charge in [0.2, 0.25) is 5.95 Å². The van der Waals surface area contributed by atoms with Crippen LogP contribution in [-0.4, -0.2) is 28.7 Å². The van der Waals surface area contributed by atoms with E-state index in [1.807, 2.05) is 18.2 Å². The number of rotatable bonds is 7. The third-order valence-corrected chi connectivity index (χ3v) is 13.7. The van der Waals surface area contributed by atoms with Crippen LogP contribution in [0.1, 0.15) is 0 Å². The third-order valence-electron chi connectivity index (χ3n) is 13.7. The molecular weight excluding hydrogens is 841 g/mol. The minimum atomic E-state index is 0.543. The number of hydrogen-bond acceptors (Lipinski definition) is 3. The number of hydrogen-bond donors (Lipinski definition) is 0. The number of benzene rings is 10. The van der Waals surface area contributed by atoms with Crippen LogP contribution in [0.2, 0.25) is 0 Å². The lowest BCUT2D eigenvalue weighted by molar-refractivity contribution is 0.953. The predicted molar refractivity (Wildman–Crippen MR) is 285 cm³/mol. The third kappa shape index (κ3) is 6.23. The SMILES string of the molecule is c1ccc(-c2ccc(-c3ccc(-c4nc(-c5ccccc5)nc(-n5c6ccc(-n7c8ccccc8c8ccccc87)cc6c6ccc7c8ccccc8n(-c8ccccc8)c7c65)n4)cc3)cc2)cc1. The van der Waals surface area contributed by atoms with E-state index in [0.29, 0.717) is 17.6 Å². The summed E-state index contributed by atoms with van der Waals surface area (Å²) in [5.41, 5.74) is 15.2. The Morgan fingerprint density at radius 3 is 1.19 bits per heavy atom. The summed E-state index contributed by atoms with van der Waals surface area (Å²) in [5, 5.41) is 6.98. The molecule has 14 rings (SSSR count). The summed E-state index contributed by atoms with van der Waals surface area (Å²) in [6.45, 7) is 0. The molecule has 0 saturated heterocycles. The van der Waals surface area contributed by atoms with E-state index in [1.54, 1.807) is 0 Å². The lowest BCUT2D eigenvalue weighted by atomic mass is 9.99. The fraction of sp³-hybridized carbons (Fsp3) is 0. The van der Waals surface area contributed by atoms with Crippen LogP contribution in [0.3, 0.4) is 0 Å². The molecule has 0 amide bonds. The van der Waals surface area contributed by atoms with E-state index < -0.39 is 0 Å². The molecule has 0 saturated carbocycles. The van der Waals surface area contributed by atoms with Gasteiger partial charge in [-0.15, -0.1) is 0 Å². The van der Waals surface area contributed by atoms with Crippen molar-refractivity contribution in [3.8, 4) is 62.4 Å². The largest absolute Gasteiger partial charge is 0.309 e. The number of para-hydroxylation sites is 4. The van der Waals surface area contributed by atoms with Crippen molar-refractivity contribution < 1.29 is 0 Å². The molecule has 0 aliphatic heterocycles. The van der Waals surface area contributed by atoms with Crippen LogP contribution in [0.15, 0.2) is 243 Å². The maximum atomic E-state index is 5.46. The Bertz CT molecular complexity index is 4210. The van der Waals surface area contributed by atoms with Crippen molar-refractivity contribution in [3.05, 3.63) is 243 Å². The van der Waals surface area contributed by atoms with Crippen molar-refractivity contribution in [2.45, 2.75) is 0 Å². The fourth-order valence-corrected chi connectivity index (χ4v) is 10.5. The molecule has 4 aromatic heterocycles. The van der Waals surface area contributed by atoms with Crippen LogP contribution in [0.5, 0.6) is 0 Å². The summed E-state index contributed by atoms with van der Waals surface area (Å²) in [6.07, 6.45) is 0. The first kappa shape index (κ1) is 38.8. The number of nitrogens with zero attached hydrogens (tertiary/aromatic N) is 6. The average molecular weight is 881 g/mol. The molecule has 0 bridgehead atoms. The number of aromatic nitrogens is 6. The summed E-state index contributed by atoms with van der Waals surface area (Å²) in [4.78, 5) is 16.1. The van der Waals surface area contributed by atoms with Gasteiger partial charge in [-0.25, -0.2) is 4.98 Å². The van der Waals surface area contributed by atoms with Crippen molar-refractivity contribution in [1.29, 1.82) is 0 Å². The second kappa shape index (κ2) is 15.6. The molecule has 0 N–H and O–H groups in total. The Morgan fingerprint density at radius 1 is 0.232 bits per heavy atom. The first-order chi connectivity index (χ1) is 34.2. The maximum Gasteiger partial charge on any atom is 0.238 e. The van der Waals surface area contributed by atoms with Gasteiger partial charge >= 0.3 is 0 Å². The van der Waals surface area contributed by atoms with Gasteiger partial charge in [0.1, 0.15) is 0 Å². The van der Waals surface area contributed by atoms with Crippen molar-refractivity contribution in [2.24, 2.45) is 0 Å². The average Bonchev–Trinajstić information content (AvgIpc) is 4.07. The van der Waals surface area contributed by atoms with Gasteiger partial charge in [0.15, 0.2) is 11.6 Å². The van der Waals surface area contributed by atoms with Crippen molar-refractivity contribution in [2.75, 3.05) is 0 Å². The summed E-state index contributed by atoms with van der Waals surface area (Å²) in [6, 6.07) is 86.2. The van der Waals surface area contributed by atoms with Crippen LogP contribution < -0.4 is 0 Å². The van der Waals surface area contributed by atoms with Crippen LogP contribution in [0.4, 0.5) is 0 Å². The highest BCUT2D eigenvalue weighted by Gasteiger charge is 2.24. The topological polar surface area (TPSA) is 53.5 Å². The van der Waals surface area contributed by atoms with Crippen LogP contribution >= 0.6 is 0 Å². The molecule has 0 aliphatic carbocycles. The first-order valence-corrected chi connectivity index (χ1v) is 23.4. The predicted octanol–water partition coefficient (Wildman–Crippen LogP) is 15.8. The van der Waals surface area contributed by atoms with Gasteiger partial charge in [0.25, 0.3) is 0 Å². The Balaban J connectivity index is 1.03. The van der Waals surface area contributed by atoms with Gasteiger partial charge in [0, 0.05) is 54.8 Å². The normalized spacial score (nSPS) is 11.8. The van der Waals surface area contributed by atoms with Gasteiger partial charge in [0.05, 0.1) is 33.1 Å². The van der Waals surface area contributed by atoms with Gasteiger partial charge in [-0.1, -0.05) is 194 Å². The van der Waals surface area contributed by atoms with E-state index in [4.69, 9.17) is 15.0 Å². The molecule has 322 valence electrons. The fourth-order valence-electron chi connectivity index (χ4n) is 10.5. The molecule has 0 spiro atoms. The Kier molecular flexibility index (Phi) is 8.79. The molecule has 6 nitrogen and oxygen atoms in total. The number of fused-ring (bicyclic) bond motifs is 10. The highest BCUT2D eigenvalue weighted by molar-refractivity contribution is 6.24. The van der Waals surface area contributed by atoms with E-state index >= 15 is 0 Å². The molecule has 6 heteroatoms. The van der Waals surface area contributed by atoms with Crippen molar-refractivity contribution in [1.82, 2.24) is 28.7 Å². The zero-order valence-corrected chi connectivity index (χ0v) is 37.3. The lowest BCUT2D eigenvalue weighted by Crippen LogP contribution is -2.07. The molecule has 0 unspecified atom stereocenters. The summed E-state index contributed by atoms with van der Waals surface area (Å²) in [7, 11) is 0. The van der Waals surface area contributed by atoms with Crippen molar-refractivity contribution >= 4 is 65.4 Å². The monoisotopic (exact) mass is 880 g/mol. The van der Waals surface area contributed by atoms with Gasteiger partial charge in [-0.05, 0) is 70.8 Å². The molecule has 69 heavy (non-hydrogen) atoms. The van der Waals surface area contributed by atoms with Gasteiger partial charge in [-0.2, -0.15) is 9.97 Å². The van der Waals surface area contributed by atoms with Gasteiger partial charge in [-0.3, -0.25) is 4.57 Å². The zero-order valence-electron chi connectivity index (χ0n) is 37.3. The second-order valence-electron chi connectivity index (χ2n) is 17.6. The van der Waals surface area contributed by atoms with E-state index in [0.717, 1.165) is 71.9 Å². The van der Waals surface area contributed by atoms with Crippen LogP contribution in [-0.2, 0) is 0 Å². The molecular formula is C63H40N6. The molecule has 14 aromatic rings. The lowest BCUT2D eigenvalue weighted by Gasteiger charge is -2.13. The summed E-state index contributed by atoms with van der Waals surface area (Å²) < 4.78 is 7.07. The Morgan fingerprint density at radius 2 is 0.623 bits per heavy atom. The molecule has 0 fully saturated rings. The quantitative estimate of drug-likeness (QED) is 0.160. The summed E-state index contributed by atoms with van der Waals surface area (Å²) >= 11 is 0. The van der Waals surface area contributed by atoms with Crippen LogP contribution in [0.25, 0.3) is 128 Å². The smallest absolute Gasteiger partial charge is 0.238 e. The standard InChI is InChI=1S/C63H40N6/c1-4-16-41(17-5-1)42-28-30-43(31-29-42)44-32-34-46(35-33-44)62-64-61(45-18-6-2-7-19-45)65-63(66-62)69-58-39-36-48(67-55-25-13-10-22-49(55)50-23-11-14-26-56(50)67)40-54(58)53-38-37-52-51-24-12-15-27-57(51)68(59(52)60(53)69)47-20-8-3-9-21-47/h1-40H. The molecule has 10 aromatic carbocycles. The first-order valence-electron chi connectivity index (χ1n) is 23.4. The molecule has 0 atom stereocenters.